The van der Waals surface area contributed by atoms with Gasteiger partial charge in [-0.05, 0) is 46.9 Å². The van der Waals surface area contributed by atoms with Crippen molar-refractivity contribution >= 4 is 95.6 Å². The molecule has 8 aromatic carbocycles. The van der Waals surface area contributed by atoms with Crippen LogP contribution in [-0.2, 0) is 0 Å². The Bertz CT molecular complexity index is 3100. The van der Waals surface area contributed by atoms with E-state index in [1.54, 1.807) is 0 Å². The molecule has 0 bridgehead atoms. The van der Waals surface area contributed by atoms with Crippen LogP contribution in [0.2, 0.25) is 0 Å². The van der Waals surface area contributed by atoms with E-state index < -0.39 is 0 Å². The summed E-state index contributed by atoms with van der Waals surface area (Å²) >= 11 is 3.79. The average Bonchev–Trinajstić information content (AvgIpc) is 3.78. The molecule has 11 rings (SSSR count). The fourth-order valence-corrected chi connectivity index (χ4v) is 11.0. The maximum atomic E-state index is 5.61. The quantitative estimate of drug-likeness (QED) is 0.172. The number of thiophene rings is 2. The molecular formula is C48H30N2S2. The highest BCUT2D eigenvalue weighted by atomic mass is 32.1. The lowest BCUT2D eigenvalue weighted by Gasteiger charge is -2.17. The van der Waals surface area contributed by atoms with E-state index in [9.17, 15) is 0 Å². The van der Waals surface area contributed by atoms with Crippen molar-refractivity contribution in [3.63, 3.8) is 0 Å². The van der Waals surface area contributed by atoms with Gasteiger partial charge in [-0.2, -0.15) is 0 Å². The molecule has 11 aromatic rings. The highest BCUT2D eigenvalue weighted by Crippen LogP contribution is 2.49. The molecule has 244 valence electrons. The van der Waals surface area contributed by atoms with Gasteiger partial charge in [0.25, 0.3) is 0 Å². The van der Waals surface area contributed by atoms with E-state index in [0.29, 0.717) is 0 Å². The molecule has 0 saturated heterocycles. The Morgan fingerprint density at radius 3 is 1.31 bits per heavy atom. The topological polar surface area (TPSA) is 25.8 Å². The van der Waals surface area contributed by atoms with Crippen LogP contribution in [0.25, 0.3) is 106 Å². The van der Waals surface area contributed by atoms with Gasteiger partial charge in [-0.25, -0.2) is 4.98 Å². The summed E-state index contributed by atoms with van der Waals surface area (Å²) in [6.07, 6.45) is 2.01. The first kappa shape index (κ1) is 29.8. The van der Waals surface area contributed by atoms with Crippen molar-refractivity contribution in [1.29, 1.82) is 0 Å². The summed E-state index contributed by atoms with van der Waals surface area (Å²) in [7, 11) is 0. The molecule has 0 amide bonds. The minimum absolute atomic E-state index is 0.877. The third-order valence-electron chi connectivity index (χ3n) is 10.8. The van der Waals surface area contributed by atoms with Gasteiger partial charge in [-0.3, -0.25) is 4.98 Å². The van der Waals surface area contributed by atoms with Crippen molar-refractivity contribution in [2.45, 2.75) is 13.8 Å². The fraction of sp³-hybridized carbons (Fsp3) is 0.0417. The summed E-state index contributed by atoms with van der Waals surface area (Å²) in [5, 5.41) is 9.85. The Balaban J connectivity index is 1.28. The van der Waals surface area contributed by atoms with E-state index >= 15 is 0 Å². The molecule has 2 nitrogen and oxygen atoms in total. The van der Waals surface area contributed by atoms with Crippen LogP contribution in [0.1, 0.15) is 11.1 Å². The number of benzene rings is 8. The average molecular weight is 699 g/mol. The van der Waals surface area contributed by atoms with Gasteiger partial charge in [0.2, 0.25) is 0 Å². The fourth-order valence-electron chi connectivity index (χ4n) is 8.37. The number of nitrogens with zero attached hydrogens (tertiary/aromatic N) is 2. The second-order valence-electron chi connectivity index (χ2n) is 13.7. The number of hydrogen-bond acceptors (Lipinski definition) is 4. The lowest BCUT2D eigenvalue weighted by Crippen LogP contribution is -1.96. The van der Waals surface area contributed by atoms with Crippen molar-refractivity contribution in [3.05, 3.63) is 157 Å². The van der Waals surface area contributed by atoms with E-state index in [4.69, 9.17) is 9.97 Å². The lowest BCUT2D eigenvalue weighted by molar-refractivity contribution is 1.31. The SMILES string of the molecule is Cc1cccc2c1sc1c(-c3cccc(-c4cccc5c4sc4c(C)cccc45)c3-c3cnc4c5ccccc5c5ccccc5c4n3)cccc12. The third-order valence-corrected chi connectivity index (χ3v) is 13.6. The van der Waals surface area contributed by atoms with Gasteiger partial charge in [-0.1, -0.05) is 140 Å². The first-order valence-corrected chi connectivity index (χ1v) is 19.3. The van der Waals surface area contributed by atoms with Gasteiger partial charge in [0, 0.05) is 67.8 Å². The minimum Gasteiger partial charge on any atom is -0.252 e. The molecule has 0 unspecified atom stereocenters. The molecule has 0 aliphatic carbocycles. The zero-order chi connectivity index (χ0) is 34.5. The van der Waals surface area contributed by atoms with Crippen molar-refractivity contribution in [2.24, 2.45) is 0 Å². The Labute approximate surface area is 308 Å². The monoisotopic (exact) mass is 698 g/mol. The van der Waals surface area contributed by atoms with E-state index in [2.05, 4.69) is 153 Å². The molecule has 0 radical (unpaired) electrons. The second-order valence-corrected chi connectivity index (χ2v) is 15.8. The maximum Gasteiger partial charge on any atom is 0.0979 e. The number of aryl methyl sites for hydroxylation is 2. The summed E-state index contributed by atoms with van der Waals surface area (Å²) in [5.74, 6) is 0. The van der Waals surface area contributed by atoms with Gasteiger partial charge in [0.05, 0.1) is 22.9 Å². The second kappa shape index (κ2) is 11.3. The van der Waals surface area contributed by atoms with Gasteiger partial charge in [0.15, 0.2) is 0 Å². The van der Waals surface area contributed by atoms with Crippen LogP contribution < -0.4 is 0 Å². The zero-order valence-corrected chi connectivity index (χ0v) is 30.2. The molecule has 0 fully saturated rings. The maximum absolute atomic E-state index is 5.61. The standard InChI is InChI=1S/C48H30N2S2/c1-27-12-7-20-37-39-24-10-22-35(47(39)51-45(27)37)31-18-9-19-32(36-23-11-25-40-38-21-8-13-28(2)46(38)52-48(36)40)42(31)41-26-49-43-33-16-5-3-14-29(33)30-15-4-6-17-34(30)44(43)50-41/h3-26H,1-2H3. The van der Waals surface area contributed by atoms with Gasteiger partial charge < -0.3 is 0 Å². The first-order chi connectivity index (χ1) is 25.6. The molecule has 0 saturated carbocycles. The minimum atomic E-state index is 0.877. The molecule has 4 heteroatoms. The van der Waals surface area contributed by atoms with E-state index in [0.717, 1.165) is 33.1 Å². The first-order valence-electron chi connectivity index (χ1n) is 17.7. The predicted molar refractivity (Wildman–Crippen MR) is 226 cm³/mol. The summed E-state index contributed by atoms with van der Waals surface area (Å²) in [4.78, 5) is 10.9. The van der Waals surface area contributed by atoms with Crippen LogP contribution in [-0.4, -0.2) is 9.97 Å². The molecule has 3 aromatic heterocycles. The van der Waals surface area contributed by atoms with Crippen molar-refractivity contribution < 1.29 is 0 Å². The summed E-state index contributed by atoms with van der Waals surface area (Å²) in [6.45, 7) is 4.44. The van der Waals surface area contributed by atoms with Gasteiger partial charge in [0.1, 0.15) is 0 Å². The normalized spacial score (nSPS) is 12.0. The Kier molecular flexibility index (Phi) is 6.46. The molecule has 0 atom stereocenters. The van der Waals surface area contributed by atoms with Crippen LogP contribution in [0, 0.1) is 13.8 Å². The highest BCUT2D eigenvalue weighted by molar-refractivity contribution is 7.27. The van der Waals surface area contributed by atoms with Crippen LogP contribution in [0.15, 0.2) is 146 Å². The molecule has 52 heavy (non-hydrogen) atoms. The smallest absolute Gasteiger partial charge is 0.0979 e. The molecule has 0 N–H and O–H groups in total. The van der Waals surface area contributed by atoms with Crippen LogP contribution in [0.4, 0.5) is 0 Å². The third kappa shape index (κ3) is 4.22. The van der Waals surface area contributed by atoms with Crippen molar-refractivity contribution in [3.8, 4) is 33.5 Å². The van der Waals surface area contributed by atoms with E-state index in [1.807, 2.05) is 28.9 Å². The van der Waals surface area contributed by atoms with Crippen LogP contribution in [0.5, 0.6) is 0 Å². The highest BCUT2D eigenvalue weighted by Gasteiger charge is 2.22. The molecular weight excluding hydrogens is 669 g/mol. The van der Waals surface area contributed by atoms with Crippen LogP contribution >= 0.6 is 22.7 Å². The van der Waals surface area contributed by atoms with Crippen LogP contribution in [0.3, 0.4) is 0 Å². The molecule has 3 heterocycles. The summed E-state index contributed by atoms with van der Waals surface area (Å²) < 4.78 is 5.28. The Morgan fingerprint density at radius 1 is 0.365 bits per heavy atom. The number of fused-ring (bicyclic) bond motifs is 12. The van der Waals surface area contributed by atoms with E-state index in [1.165, 1.54) is 84.5 Å². The Morgan fingerprint density at radius 2 is 0.769 bits per heavy atom. The van der Waals surface area contributed by atoms with E-state index in [-0.39, 0.29) is 0 Å². The Hall–Kier alpha value is -5.94. The number of rotatable bonds is 3. The predicted octanol–water partition coefficient (Wildman–Crippen LogP) is 14.3. The summed E-state index contributed by atoms with van der Waals surface area (Å²) in [6, 6.07) is 50.8. The number of hydrogen-bond donors (Lipinski definition) is 0. The van der Waals surface area contributed by atoms with Gasteiger partial charge in [-0.15, -0.1) is 22.7 Å². The molecule has 0 aliphatic rings. The molecule has 0 aliphatic heterocycles. The molecule has 0 spiro atoms. The van der Waals surface area contributed by atoms with Crippen molar-refractivity contribution in [1.82, 2.24) is 9.97 Å². The van der Waals surface area contributed by atoms with Gasteiger partial charge >= 0.3 is 0 Å². The largest absolute Gasteiger partial charge is 0.252 e. The van der Waals surface area contributed by atoms with Crippen molar-refractivity contribution in [2.75, 3.05) is 0 Å². The summed E-state index contributed by atoms with van der Waals surface area (Å²) in [5.41, 5.74) is 11.2. The number of aromatic nitrogens is 2. The zero-order valence-electron chi connectivity index (χ0n) is 28.6. The lowest BCUT2D eigenvalue weighted by atomic mass is 9.89.